The van der Waals surface area contributed by atoms with Crippen LogP contribution in [-0.4, -0.2) is 32.0 Å². The van der Waals surface area contributed by atoms with Crippen LogP contribution >= 0.6 is 0 Å². The van der Waals surface area contributed by atoms with E-state index in [0.29, 0.717) is 6.04 Å². The van der Waals surface area contributed by atoms with Gasteiger partial charge in [0.15, 0.2) is 0 Å². The van der Waals surface area contributed by atoms with E-state index in [1.54, 1.807) is 6.26 Å². The lowest BCUT2D eigenvalue weighted by atomic mass is 10.2. The second-order valence-electron chi connectivity index (χ2n) is 4.26. The van der Waals surface area contributed by atoms with Crippen LogP contribution < -0.4 is 5.32 Å². The lowest BCUT2D eigenvalue weighted by Crippen LogP contribution is -2.27. The van der Waals surface area contributed by atoms with Crippen molar-refractivity contribution in [3.8, 4) is 0 Å². The lowest BCUT2D eigenvalue weighted by Gasteiger charge is -2.12. The van der Waals surface area contributed by atoms with E-state index in [-0.39, 0.29) is 0 Å². The Hall–Kier alpha value is -0.680. The van der Waals surface area contributed by atoms with Crippen molar-refractivity contribution in [2.45, 2.75) is 32.9 Å². The van der Waals surface area contributed by atoms with Gasteiger partial charge in [-0.1, -0.05) is 0 Å². The minimum absolute atomic E-state index is 0.392. The molecule has 1 aromatic heterocycles. The largest absolute Gasteiger partial charge is 0.310 e. The summed E-state index contributed by atoms with van der Waals surface area (Å²) in [5, 5.41) is 7.71. The van der Waals surface area contributed by atoms with Crippen LogP contribution in [0.2, 0.25) is 0 Å². The van der Waals surface area contributed by atoms with Gasteiger partial charge >= 0.3 is 0 Å². The van der Waals surface area contributed by atoms with Crippen LogP contribution in [0.4, 0.5) is 0 Å². The predicted octanol–water partition coefficient (Wildman–Crippen LogP) is 0.975. The average Bonchev–Trinajstić information content (AvgIpc) is 2.51. The van der Waals surface area contributed by atoms with Crippen LogP contribution in [0.5, 0.6) is 0 Å². The van der Waals surface area contributed by atoms with Gasteiger partial charge < -0.3 is 5.32 Å². The van der Waals surface area contributed by atoms with Gasteiger partial charge in [0.05, 0.1) is 5.69 Å². The molecule has 16 heavy (non-hydrogen) atoms. The summed E-state index contributed by atoms with van der Waals surface area (Å²) in [6.45, 7) is 4.97. The molecule has 1 aromatic rings. The molecular weight excluding hydrogens is 222 g/mol. The predicted molar refractivity (Wildman–Crippen MR) is 67.8 cm³/mol. The molecule has 0 aromatic carbocycles. The first-order valence-electron chi connectivity index (χ1n) is 5.51. The molecule has 0 radical (unpaired) electrons. The normalized spacial score (nSPS) is 15.0. The standard InChI is InChI=1S/C11H21N3OS/c1-9(5-6-16(4)15)12-7-11-8-14(3)13-10(11)2/h8-9,12H,5-7H2,1-4H3. The number of aryl methyl sites for hydroxylation is 2. The Morgan fingerprint density at radius 3 is 2.81 bits per heavy atom. The highest BCUT2D eigenvalue weighted by Gasteiger charge is 2.06. The molecule has 0 amide bonds. The molecule has 0 aliphatic carbocycles. The third-order valence-corrected chi connectivity index (χ3v) is 3.41. The van der Waals surface area contributed by atoms with Crippen molar-refractivity contribution >= 4 is 10.8 Å². The fourth-order valence-corrected chi connectivity index (χ4v) is 2.24. The highest BCUT2D eigenvalue weighted by molar-refractivity contribution is 7.84. The van der Waals surface area contributed by atoms with E-state index >= 15 is 0 Å². The van der Waals surface area contributed by atoms with Crippen LogP contribution in [0.1, 0.15) is 24.6 Å². The molecule has 0 saturated carbocycles. The van der Waals surface area contributed by atoms with Gasteiger partial charge in [-0.3, -0.25) is 8.89 Å². The second kappa shape index (κ2) is 6.15. The van der Waals surface area contributed by atoms with E-state index in [2.05, 4.69) is 17.3 Å². The number of nitrogens with one attached hydrogen (secondary N) is 1. The zero-order valence-electron chi connectivity index (χ0n) is 10.5. The topological polar surface area (TPSA) is 46.9 Å². The van der Waals surface area contributed by atoms with Gasteiger partial charge in [-0.2, -0.15) is 5.10 Å². The van der Waals surface area contributed by atoms with Crippen molar-refractivity contribution < 1.29 is 4.21 Å². The summed E-state index contributed by atoms with van der Waals surface area (Å²) in [6.07, 6.45) is 4.73. The first-order chi connectivity index (χ1) is 7.49. The summed E-state index contributed by atoms with van der Waals surface area (Å²) < 4.78 is 12.8. The number of nitrogens with zero attached hydrogens (tertiary/aromatic N) is 2. The zero-order valence-corrected chi connectivity index (χ0v) is 11.3. The summed E-state index contributed by atoms with van der Waals surface area (Å²) in [7, 11) is 1.24. The van der Waals surface area contributed by atoms with Crippen LogP contribution in [0.25, 0.3) is 0 Å². The van der Waals surface area contributed by atoms with E-state index in [9.17, 15) is 4.21 Å². The number of hydrogen-bond acceptors (Lipinski definition) is 3. The maximum Gasteiger partial charge on any atom is 0.0638 e. The smallest absolute Gasteiger partial charge is 0.0638 e. The fraction of sp³-hybridized carbons (Fsp3) is 0.727. The average molecular weight is 243 g/mol. The highest BCUT2D eigenvalue weighted by Crippen LogP contribution is 2.05. The Morgan fingerprint density at radius 2 is 2.31 bits per heavy atom. The van der Waals surface area contributed by atoms with Gasteiger partial charge in [0, 0.05) is 54.2 Å². The van der Waals surface area contributed by atoms with Gasteiger partial charge in [-0.05, 0) is 20.3 Å². The van der Waals surface area contributed by atoms with Gasteiger partial charge in [0.25, 0.3) is 0 Å². The summed E-state index contributed by atoms with van der Waals surface area (Å²) in [5.74, 6) is 0.764. The van der Waals surface area contributed by atoms with Crippen molar-refractivity contribution in [2.24, 2.45) is 7.05 Å². The quantitative estimate of drug-likeness (QED) is 0.810. The van der Waals surface area contributed by atoms with Crippen LogP contribution in [-0.2, 0) is 24.4 Å². The minimum atomic E-state index is -0.691. The summed E-state index contributed by atoms with van der Waals surface area (Å²) >= 11 is 0. The van der Waals surface area contributed by atoms with Crippen molar-refractivity contribution in [2.75, 3.05) is 12.0 Å². The molecule has 0 aliphatic heterocycles. The van der Waals surface area contributed by atoms with Crippen molar-refractivity contribution in [3.63, 3.8) is 0 Å². The van der Waals surface area contributed by atoms with Crippen LogP contribution in [0.3, 0.4) is 0 Å². The van der Waals surface area contributed by atoms with E-state index in [0.717, 1.165) is 24.4 Å². The van der Waals surface area contributed by atoms with E-state index in [1.807, 2.05) is 24.9 Å². The number of aromatic nitrogens is 2. The first kappa shape index (κ1) is 13.4. The molecule has 5 heteroatoms. The van der Waals surface area contributed by atoms with E-state index < -0.39 is 10.8 Å². The molecule has 1 heterocycles. The Bertz CT molecular complexity index is 362. The summed E-state index contributed by atoms with van der Waals surface area (Å²) in [4.78, 5) is 0. The molecule has 0 saturated heterocycles. The number of rotatable bonds is 6. The highest BCUT2D eigenvalue weighted by atomic mass is 32.2. The third-order valence-electron chi connectivity index (χ3n) is 2.59. The minimum Gasteiger partial charge on any atom is -0.310 e. The fourth-order valence-electron chi connectivity index (χ4n) is 1.55. The Morgan fingerprint density at radius 1 is 1.62 bits per heavy atom. The Labute approximate surface area is 99.9 Å². The van der Waals surface area contributed by atoms with E-state index in [4.69, 9.17) is 0 Å². The van der Waals surface area contributed by atoms with Crippen LogP contribution in [0, 0.1) is 6.92 Å². The molecule has 0 fully saturated rings. The molecule has 92 valence electrons. The zero-order chi connectivity index (χ0) is 12.1. The molecule has 2 unspecified atom stereocenters. The molecule has 1 N–H and O–H groups in total. The van der Waals surface area contributed by atoms with Crippen molar-refractivity contribution in [1.82, 2.24) is 15.1 Å². The Balaban J connectivity index is 2.34. The molecule has 0 bridgehead atoms. The lowest BCUT2D eigenvalue weighted by molar-refractivity contribution is 0.534. The summed E-state index contributed by atoms with van der Waals surface area (Å²) in [5.41, 5.74) is 2.30. The molecule has 0 spiro atoms. The third kappa shape index (κ3) is 4.45. The van der Waals surface area contributed by atoms with E-state index in [1.165, 1.54) is 5.56 Å². The maximum absolute atomic E-state index is 10.9. The first-order valence-corrected chi connectivity index (χ1v) is 7.24. The van der Waals surface area contributed by atoms with Crippen LogP contribution in [0.15, 0.2) is 6.20 Å². The summed E-state index contributed by atoms with van der Waals surface area (Å²) in [6, 6.07) is 0.392. The SMILES string of the molecule is Cc1nn(C)cc1CNC(C)CCS(C)=O. The molecular formula is C11H21N3OS. The molecule has 4 nitrogen and oxygen atoms in total. The maximum atomic E-state index is 10.9. The number of hydrogen-bond donors (Lipinski definition) is 1. The van der Waals surface area contributed by atoms with Gasteiger partial charge in [0.1, 0.15) is 0 Å². The van der Waals surface area contributed by atoms with Gasteiger partial charge in [-0.25, -0.2) is 0 Å². The Kier molecular flexibility index (Phi) is 5.15. The van der Waals surface area contributed by atoms with Crippen molar-refractivity contribution in [1.29, 1.82) is 0 Å². The second-order valence-corrected chi connectivity index (χ2v) is 5.82. The monoisotopic (exact) mass is 243 g/mol. The molecule has 1 rings (SSSR count). The van der Waals surface area contributed by atoms with Gasteiger partial charge in [0.2, 0.25) is 0 Å². The van der Waals surface area contributed by atoms with Gasteiger partial charge in [-0.15, -0.1) is 0 Å². The molecule has 2 atom stereocenters. The molecule has 0 aliphatic rings. The van der Waals surface area contributed by atoms with Crippen molar-refractivity contribution in [3.05, 3.63) is 17.5 Å².